The zero-order chi connectivity index (χ0) is 14.9. The summed E-state index contributed by atoms with van der Waals surface area (Å²) < 4.78 is 6.46. The number of carbonyl (C=O) groups is 1. The zero-order valence-corrected chi connectivity index (χ0v) is 13.1. The molecule has 0 atom stereocenters. The van der Waals surface area contributed by atoms with Gasteiger partial charge in [-0.1, -0.05) is 40.2 Å². The fourth-order valence-electron chi connectivity index (χ4n) is 1.73. The first-order valence-electron chi connectivity index (χ1n) is 6.68. The maximum Gasteiger partial charge on any atom is 0.238 e. The molecule has 0 heterocycles. The second kappa shape index (κ2) is 8.44. The molecule has 0 aromatic heterocycles. The van der Waals surface area contributed by atoms with Crippen molar-refractivity contribution in [2.45, 2.75) is 0 Å². The maximum absolute atomic E-state index is 11.7. The van der Waals surface area contributed by atoms with Gasteiger partial charge >= 0.3 is 0 Å². The molecule has 2 aromatic carbocycles. The van der Waals surface area contributed by atoms with Gasteiger partial charge in [-0.25, -0.2) is 0 Å². The minimum Gasteiger partial charge on any atom is -0.492 e. The highest BCUT2D eigenvalue weighted by molar-refractivity contribution is 9.10. The highest BCUT2D eigenvalue weighted by atomic mass is 79.9. The normalized spacial score (nSPS) is 10.1. The summed E-state index contributed by atoms with van der Waals surface area (Å²) in [5.41, 5.74) is 0.775. The molecule has 0 spiro atoms. The van der Waals surface area contributed by atoms with E-state index in [1.165, 1.54) is 0 Å². The van der Waals surface area contributed by atoms with Crippen LogP contribution in [0, 0.1) is 0 Å². The molecule has 4 nitrogen and oxygen atoms in total. The lowest BCUT2D eigenvalue weighted by Gasteiger charge is -2.08. The van der Waals surface area contributed by atoms with Gasteiger partial charge in [0.05, 0.1) is 6.54 Å². The first kappa shape index (κ1) is 15.5. The number of benzene rings is 2. The highest BCUT2D eigenvalue weighted by Gasteiger charge is 2.02. The first-order chi connectivity index (χ1) is 10.2. The van der Waals surface area contributed by atoms with E-state index < -0.39 is 0 Å². The van der Waals surface area contributed by atoms with Gasteiger partial charge in [-0.2, -0.15) is 0 Å². The Morgan fingerprint density at radius 3 is 2.67 bits per heavy atom. The second-order valence-corrected chi connectivity index (χ2v) is 5.31. The quantitative estimate of drug-likeness (QED) is 0.756. The summed E-state index contributed by atoms with van der Waals surface area (Å²) in [5, 5.41) is 5.86. The van der Waals surface area contributed by atoms with Gasteiger partial charge < -0.3 is 15.4 Å². The molecule has 0 aliphatic rings. The zero-order valence-electron chi connectivity index (χ0n) is 11.5. The minimum absolute atomic E-state index is 0.0761. The van der Waals surface area contributed by atoms with Crippen LogP contribution in [0.1, 0.15) is 0 Å². The Labute approximate surface area is 132 Å². The number of ether oxygens (including phenoxy) is 1. The van der Waals surface area contributed by atoms with Crippen molar-refractivity contribution in [2.75, 3.05) is 25.0 Å². The Kier molecular flexibility index (Phi) is 6.24. The largest absolute Gasteiger partial charge is 0.492 e. The fourth-order valence-corrected chi connectivity index (χ4v) is 2.13. The van der Waals surface area contributed by atoms with Crippen LogP contribution in [0.4, 0.5) is 5.69 Å². The van der Waals surface area contributed by atoms with E-state index in [0.717, 1.165) is 15.9 Å². The molecule has 0 saturated carbocycles. The van der Waals surface area contributed by atoms with Gasteiger partial charge in [-0.15, -0.1) is 0 Å². The third-order valence-electron chi connectivity index (χ3n) is 2.68. The minimum atomic E-state index is -0.0761. The van der Waals surface area contributed by atoms with Gasteiger partial charge in [-0.05, 0) is 30.3 Å². The average molecular weight is 349 g/mol. The second-order valence-electron chi connectivity index (χ2n) is 4.40. The van der Waals surface area contributed by atoms with Crippen LogP contribution >= 0.6 is 15.9 Å². The first-order valence-corrected chi connectivity index (χ1v) is 7.47. The molecular formula is C16H17BrN2O2. The van der Waals surface area contributed by atoms with Crippen LogP contribution in [0.3, 0.4) is 0 Å². The third kappa shape index (κ3) is 5.97. The lowest BCUT2D eigenvalue weighted by Crippen LogP contribution is -2.31. The molecule has 2 rings (SSSR count). The number of carbonyl (C=O) groups excluding carboxylic acids is 1. The van der Waals surface area contributed by atoms with Crippen LogP contribution in [-0.2, 0) is 4.79 Å². The summed E-state index contributed by atoms with van der Waals surface area (Å²) in [5.74, 6) is 0.755. The Hall–Kier alpha value is -1.85. The molecular weight excluding hydrogens is 332 g/mol. The highest BCUT2D eigenvalue weighted by Crippen LogP contribution is 2.15. The fraction of sp³-hybridized carbons (Fsp3) is 0.188. The third-order valence-corrected chi connectivity index (χ3v) is 3.18. The molecule has 0 saturated heterocycles. The summed E-state index contributed by atoms with van der Waals surface area (Å²) in [6.07, 6.45) is 0. The van der Waals surface area contributed by atoms with Crippen LogP contribution in [0.25, 0.3) is 0 Å². The summed E-state index contributed by atoms with van der Waals surface area (Å²) >= 11 is 3.36. The Morgan fingerprint density at radius 1 is 1.10 bits per heavy atom. The molecule has 0 bridgehead atoms. The molecule has 0 radical (unpaired) electrons. The van der Waals surface area contributed by atoms with Gasteiger partial charge in [0.25, 0.3) is 0 Å². The van der Waals surface area contributed by atoms with Crippen molar-refractivity contribution in [1.29, 1.82) is 0 Å². The van der Waals surface area contributed by atoms with Gasteiger partial charge in [0.15, 0.2) is 0 Å². The topological polar surface area (TPSA) is 50.4 Å². The van der Waals surface area contributed by atoms with Crippen molar-refractivity contribution < 1.29 is 9.53 Å². The number of amides is 1. The van der Waals surface area contributed by atoms with E-state index in [9.17, 15) is 4.79 Å². The number of anilines is 1. The van der Waals surface area contributed by atoms with Crippen LogP contribution in [0.2, 0.25) is 0 Å². The summed E-state index contributed by atoms with van der Waals surface area (Å²) in [7, 11) is 0. The van der Waals surface area contributed by atoms with Crippen molar-refractivity contribution in [2.24, 2.45) is 0 Å². The average Bonchev–Trinajstić information content (AvgIpc) is 2.48. The Morgan fingerprint density at radius 2 is 1.90 bits per heavy atom. The SMILES string of the molecule is O=C(CNCCOc1ccccc1)Nc1cccc(Br)c1. The van der Waals surface area contributed by atoms with E-state index in [1.807, 2.05) is 54.6 Å². The van der Waals surface area contributed by atoms with Crippen molar-refractivity contribution >= 4 is 27.5 Å². The molecule has 2 aromatic rings. The van der Waals surface area contributed by atoms with E-state index in [0.29, 0.717) is 13.2 Å². The Bertz CT molecular complexity index is 575. The molecule has 0 aliphatic heterocycles. The molecule has 110 valence electrons. The lowest BCUT2D eigenvalue weighted by atomic mass is 10.3. The lowest BCUT2D eigenvalue weighted by molar-refractivity contribution is -0.115. The van der Waals surface area contributed by atoms with E-state index in [-0.39, 0.29) is 12.5 Å². The summed E-state index contributed by atoms with van der Waals surface area (Å²) in [4.78, 5) is 11.7. The monoisotopic (exact) mass is 348 g/mol. The van der Waals surface area contributed by atoms with Crippen molar-refractivity contribution in [3.05, 3.63) is 59.1 Å². The number of halogens is 1. The van der Waals surface area contributed by atoms with E-state index in [2.05, 4.69) is 26.6 Å². The van der Waals surface area contributed by atoms with Crippen molar-refractivity contribution in [3.63, 3.8) is 0 Å². The number of hydrogen-bond acceptors (Lipinski definition) is 3. The van der Waals surface area contributed by atoms with Crippen LogP contribution in [-0.4, -0.2) is 25.6 Å². The van der Waals surface area contributed by atoms with Gasteiger partial charge in [0.1, 0.15) is 12.4 Å². The standard InChI is InChI=1S/C16H17BrN2O2/c17-13-5-4-6-14(11-13)19-16(20)12-18-9-10-21-15-7-2-1-3-8-15/h1-8,11,18H,9-10,12H2,(H,19,20). The van der Waals surface area contributed by atoms with Gasteiger partial charge in [-0.3, -0.25) is 4.79 Å². The molecule has 2 N–H and O–H groups in total. The number of rotatable bonds is 7. The molecule has 1 amide bonds. The number of hydrogen-bond donors (Lipinski definition) is 2. The Balaban J connectivity index is 1.61. The van der Waals surface area contributed by atoms with Gasteiger partial charge in [0.2, 0.25) is 5.91 Å². The molecule has 0 aliphatic carbocycles. The van der Waals surface area contributed by atoms with Crippen LogP contribution in [0.5, 0.6) is 5.75 Å². The molecule has 0 unspecified atom stereocenters. The molecule has 0 fully saturated rings. The van der Waals surface area contributed by atoms with Crippen LogP contribution < -0.4 is 15.4 Å². The van der Waals surface area contributed by atoms with Crippen LogP contribution in [0.15, 0.2) is 59.1 Å². The smallest absolute Gasteiger partial charge is 0.238 e. The molecule has 5 heteroatoms. The van der Waals surface area contributed by atoms with E-state index in [4.69, 9.17) is 4.74 Å². The van der Waals surface area contributed by atoms with E-state index >= 15 is 0 Å². The summed E-state index contributed by atoms with van der Waals surface area (Å²) in [6, 6.07) is 17.1. The van der Waals surface area contributed by atoms with E-state index in [1.54, 1.807) is 0 Å². The number of para-hydroxylation sites is 1. The van der Waals surface area contributed by atoms with Gasteiger partial charge in [0, 0.05) is 16.7 Å². The molecule has 21 heavy (non-hydrogen) atoms. The predicted octanol–water partition coefficient (Wildman–Crippen LogP) is 3.06. The number of nitrogens with one attached hydrogen (secondary N) is 2. The van der Waals surface area contributed by atoms with Crippen molar-refractivity contribution in [1.82, 2.24) is 5.32 Å². The van der Waals surface area contributed by atoms with Crippen molar-refractivity contribution in [3.8, 4) is 5.75 Å². The predicted molar refractivity (Wildman–Crippen MR) is 87.6 cm³/mol. The maximum atomic E-state index is 11.7. The summed E-state index contributed by atoms with van der Waals surface area (Å²) in [6.45, 7) is 1.39.